The van der Waals surface area contributed by atoms with Gasteiger partial charge < -0.3 is 14.6 Å². The Bertz CT molecular complexity index is 962. The number of aryl methyl sites for hydroxylation is 1. The Morgan fingerprint density at radius 1 is 1.36 bits per heavy atom. The third-order valence-electron chi connectivity index (χ3n) is 4.80. The lowest BCUT2D eigenvalue weighted by Crippen LogP contribution is -2.33. The van der Waals surface area contributed by atoms with Gasteiger partial charge in [0.2, 0.25) is 5.91 Å². The van der Waals surface area contributed by atoms with Gasteiger partial charge >= 0.3 is 6.09 Å². The normalized spacial score (nSPS) is 18.5. The monoisotopic (exact) mass is 388 g/mol. The molecule has 0 spiro atoms. The average Bonchev–Trinajstić information content (AvgIpc) is 3.25. The molecule has 0 aliphatic carbocycles. The number of hydrogen-bond acceptors (Lipinski definition) is 4. The lowest BCUT2D eigenvalue weighted by Gasteiger charge is -2.19. The molecule has 1 fully saturated rings. The molecule has 7 nitrogen and oxygen atoms in total. The predicted octanol–water partition coefficient (Wildman–Crippen LogP) is 2.57. The second kappa shape index (κ2) is 7.06. The fraction of sp³-hybridized carbons (Fsp3) is 0.316. The number of anilines is 1. The Morgan fingerprint density at radius 3 is 2.82 bits per heavy atom. The molecular weight excluding hydrogens is 370 g/mol. The minimum Gasteiger partial charge on any atom is -0.442 e. The summed E-state index contributed by atoms with van der Waals surface area (Å²) in [7, 11) is 0. The number of carbonyl (C=O) groups is 2. The van der Waals surface area contributed by atoms with E-state index in [1.54, 1.807) is 18.6 Å². The number of benzene rings is 1. The first kappa shape index (κ1) is 18.1. The van der Waals surface area contributed by atoms with Crippen LogP contribution in [-0.4, -0.2) is 40.7 Å². The fourth-order valence-electron chi connectivity index (χ4n) is 3.45. The molecule has 9 heteroatoms. The molecule has 1 aromatic heterocycles. The van der Waals surface area contributed by atoms with Crippen LogP contribution in [0.5, 0.6) is 0 Å². The molecular formula is C19H18F2N4O3. The van der Waals surface area contributed by atoms with Gasteiger partial charge in [0.25, 0.3) is 0 Å². The molecule has 0 radical (unpaired) electrons. The van der Waals surface area contributed by atoms with E-state index in [-0.39, 0.29) is 30.2 Å². The zero-order valence-electron chi connectivity index (χ0n) is 15.1. The molecule has 146 valence electrons. The maximum Gasteiger partial charge on any atom is 0.414 e. The van der Waals surface area contributed by atoms with Crippen LogP contribution < -0.4 is 10.2 Å². The number of halogens is 2. The molecule has 3 heterocycles. The van der Waals surface area contributed by atoms with E-state index in [0.29, 0.717) is 18.5 Å². The summed E-state index contributed by atoms with van der Waals surface area (Å²) >= 11 is 0. The molecule has 2 aliphatic heterocycles. The summed E-state index contributed by atoms with van der Waals surface area (Å²) in [6.45, 7) is 2.18. The summed E-state index contributed by atoms with van der Waals surface area (Å²) in [6.07, 6.45) is 4.21. The molecule has 1 saturated heterocycles. The van der Waals surface area contributed by atoms with Crippen molar-refractivity contribution in [1.82, 2.24) is 14.9 Å². The van der Waals surface area contributed by atoms with Crippen LogP contribution in [0.3, 0.4) is 0 Å². The Balaban J connectivity index is 1.59. The minimum atomic E-state index is -0.743. The van der Waals surface area contributed by atoms with Crippen molar-refractivity contribution in [2.24, 2.45) is 0 Å². The van der Waals surface area contributed by atoms with Crippen LogP contribution in [0.15, 0.2) is 24.7 Å². The number of rotatable bonds is 4. The number of amides is 2. The van der Waals surface area contributed by atoms with Crippen LogP contribution in [0.4, 0.5) is 19.3 Å². The Labute approximate surface area is 159 Å². The first-order valence-electron chi connectivity index (χ1n) is 8.85. The summed E-state index contributed by atoms with van der Waals surface area (Å²) in [5.74, 6) is -1.74. The Hall–Kier alpha value is -3.23. The molecule has 2 aromatic rings. The zero-order valence-corrected chi connectivity index (χ0v) is 15.1. The number of nitrogens with zero attached hydrogens (tertiary/aromatic N) is 3. The van der Waals surface area contributed by atoms with Crippen molar-refractivity contribution >= 4 is 29.3 Å². The summed E-state index contributed by atoms with van der Waals surface area (Å²) in [5, 5.41) is 2.56. The topological polar surface area (TPSA) is 76.5 Å². The highest BCUT2D eigenvalue weighted by Gasteiger charge is 2.33. The number of carbonyl (C=O) groups excluding carboxylic acids is 2. The molecule has 2 amide bonds. The molecule has 28 heavy (non-hydrogen) atoms. The highest BCUT2D eigenvalue weighted by atomic mass is 19.1. The van der Waals surface area contributed by atoms with Gasteiger partial charge in [-0.3, -0.25) is 9.69 Å². The van der Waals surface area contributed by atoms with Gasteiger partial charge in [-0.1, -0.05) is 0 Å². The Kier molecular flexibility index (Phi) is 4.58. The van der Waals surface area contributed by atoms with E-state index in [4.69, 9.17) is 4.74 Å². The maximum absolute atomic E-state index is 14.8. The second-order valence-electron chi connectivity index (χ2n) is 6.77. The van der Waals surface area contributed by atoms with E-state index >= 15 is 0 Å². The molecule has 2 aliphatic rings. The highest BCUT2D eigenvalue weighted by Crippen LogP contribution is 2.33. The van der Waals surface area contributed by atoms with Crippen molar-refractivity contribution in [1.29, 1.82) is 0 Å². The third kappa shape index (κ3) is 3.35. The van der Waals surface area contributed by atoms with E-state index in [9.17, 15) is 18.4 Å². The van der Waals surface area contributed by atoms with E-state index in [1.807, 2.05) is 4.57 Å². The first-order valence-corrected chi connectivity index (χ1v) is 8.85. The van der Waals surface area contributed by atoms with Gasteiger partial charge in [0.15, 0.2) is 0 Å². The molecule has 1 N–H and O–H groups in total. The SMILES string of the molecule is CC(=O)NC[C@H]1CN(c2cc(F)c(C3=Cc4cncn4CC3)c(F)c2)C(=O)O1. The molecule has 1 atom stereocenters. The van der Waals surface area contributed by atoms with Crippen molar-refractivity contribution in [3.63, 3.8) is 0 Å². The first-order chi connectivity index (χ1) is 13.4. The van der Waals surface area contributed by atoms with Crippen molar-refractivity contribution in [2.75, 3.05) is 18.0 Å². The van der Waals surface area contributed by atoms with Gasteiger partial charge in [-0.15, -0.1) is 0 Å². The summed E-state index contributed by atoms with van der Waals surface area (Å²) in [4.78, 5) is 28.3. The van der Waals surface area contributed by atoms with Crippen LogP contribution in [0, 0.1) is 11.6 Å². The number of fused-ring (bicyclic) bond motifs is 1. The number of aromatic nitrogens is 2. The highest BCUT2D eigenvalue weighted by molar-refractivity contribution is 5.91. The van der Waals surface area contributed by atoms with Gasteiger partial charge in [0.05, 0.1) is 37.0 Å². The van der Waals surface area contributed by atoms with Crippen molar-refractivity contribution < 1.29 is 23.1 Å². The quantitative estimate of drug-likeness (QED) is 0.874. The smallest absolute Gasteiger partial charge is 0.414 e. The number of cyclic esters (lactones) is 1. The van der Waals surface area contributed by atoms with Crippen LogP contribution >= 0.6 is 0 Å². The lowest BCUT2D eigenvalue weighted by atomic mass is 9.97. The Morgan fingerprint density at radius 2 is 2.11 bits per heavy atom. The van der Waals surface area contributed by atoms with Crippen LogP contribution in [-0.2, 0) is 16.1 Å². The lowest BCUT2D eigenvalue weighted by molar-refractivity contribution is -0.119. The number of ether oxygens (including phenoxy) is 1. The van der Waals surface area contributed by atoms with E-state index in [1.165, 1.54) is 6.92 Å². The number of nitrogens with one attached hydrogen (secondary N) is 1. The largest absolute Gasteiger partial charge is 0.442 e. The van der Waals surface area contributed by atoms with Gasteiger partial charge in [-0.05, 0) is 30.2 Å². The summed E-state index contributed by atoms with van der Waals surface area (Å²) in [5.41, 5.74) is 1.31. The summed E-state index contributed by atoms with van der Waals surface area (Å²) < 4.78 is 36.6. The van der Waals surface area contributed by atoms with E-state index in [2.05, 4.69) is 10.3 Å². The predicted molar refractivity (Wildman–Crippen MR) is 97.4 cm³/mol. The molecule has 0 saturated carbocycles. The molecule has 4 rings (SSSR count). The van der Waals surface area contributed by atoms with Gasteiger partial charge in [0.1, 0.15) is 17.7 Å². The standard InChI is InChI=1S/C19H18F2N4O3/c1-11(26)23-8-15-9-25(19(27)28-15)13-5-16(20)18(17(21)6-13)12-2-3-24-10-22-7-14(24)4-12/h4-7,10,15H,2-3,8-9H2,1H3,(H,23,26)/t15-/m0/s1. The van der Waals surface area contributed by atoms with Crippen LogP contribution in [0.2, 0.25) is 0 Å². The van der Waals surface area contributed by atoms with Crippen molar-refractivity contribution in [3.8, 4) is 0 Å². The number of hydrogen-bond donors (Lipinski definition) is 1. The van der Waals surface area contributed by atoms with Crippen LogP contribution in [0.25, 0.3) is 11.6 Å². The molecule has 1 aromatic carbocycles. The number of imidazole rings is 1. The van der Waals surface area contributed by atoms with Gasteiger partial charge in [-0.2, -0.15) is 0 Å². The third-order valence-corrected chi connectivity index (χ3v) is 4.80. The zero-order chi connectivity index (χ0) is 19.8. The average molecular weight is 388 g/mol. The minimum absolute atomic E-state index is 0.0792. The second-order valence-corrected chi connectivity index (χ2v) is 6.77. The van der Waals surface area contributed by atoms with Crippen molar-refractivity contribution in [3.05, 3.63) is 47.5 Å². The van der Waals surface area contributed by atoms with Crippen molar-refractivity contribution in [2.45, 2.75) is 26.0 Å². The fourth-order valence-corrected chi connectivity index (χ4v) is 3.45. The van der Waals surface area contributed by atoms with E-state index in [0.717, 1.165) is 22.7 Å². The van der Waals surface area contributed by atoms with Crippen LogP contribution in [0.1, 0.15) is 24.6 Å². The number of allylic oxidation sites excluding steroid dienone is 1. The summed E-state index contributed by atoms with van der Waals surface area (Å²) in [6, 6.07) is 2.26. The molecule has 0 bridgehead atoms. The van der Waals surface area contributed by atoms with Gasteiger partial charge in [-0.25, -0.2) is 18.6 Å². The molecule has 0 unspecified atom stereocenters. The maximum atomic E-state index is 14.8. The van der Waals surface area contributed by atoms with Gasteiger partial charge in [0, 0.05) is 19.0 Å². The van der Waals surface area contributed by atoms with E-state index < -0.39 is 23.8 Å².